The molecule has 0 bridgehead atoms. The predicted molar refractivity (Wildman–Crippen MR) is 233 cm³/mol. The van der Waals surface area contributed by atoms with Crippen molar-refractivity contribution in [1.82, 2.24) is 0 Å². The third kappa shape index (κ3) is 3.58. The van der Waals surface area contributed by atoms with Crippen molar-refractivity contribution in [3.05, 3.63) is 216 Å². The van der Waals surface area contributed by atoms with Gasteiger partial charge in [0.2, 0.25) is 0 Å². The standard InChI is InChI=1S/C55H32/c1-2-16-35-33(15-1)29-30-34-31-46(38-19-4-7-23-42(38)51(34)35)47-32-48-52-43-24-8-3-17-36(43)37-18-5-10-26-45(37)54(52)55(53(48)44-25-9-6-20-39(44)47)49-27-13-11-21-40(49)41-22-12-14-28-50(41)55/h1-32H. The Bertz CT molecular complexity index is 3440. The van der Waals surface area contributed by atoms with Gasteiger partial charge in [0.1, 0.15) is 0 Å². The van der Waals surface area contributed by atoms with Crippen molar-refractivity contribution < 1.29 is 0 Å². The van der Waals surface area contributed by atoms with E-state index >= 15 is 0 Å². The molecule has 0 unspecified atom stereocenters. The number of hydrogen-bond donors (Lipinski definition) is 0. The van der Waals surface area contributed by atoms with Gasteiger partial charge < -0.3 is 0 Å². The van der Waals surface area contributed by atoms with Crippen LogP contribution in [0.5, 0.6) is 0 Å². The van der Waals surface area contributed by atoms with Crippen LogP contribution in [0.3, 0.4) is 0 Å². The van der Waals surface area contributed by atoms with Gasteiger partial charge in [0.25, 0.3) is 0 Å². The van der Waals surface area contributed by atoms with Crippen LogP contribution in [0.4, 0.5) is 0 Å². The Morgan fingerprint density at radius 2 is 0.709 bits per heavy atom. The fourth-order valence-electron chi connectivity index (χ4n) is 11.0. The van der Waals surface area contributed by atoms with Gasteiger partial charge in [-0.25, -0.2) is 0 Å². The lowest BCUT2D eigenvalue weighted by Gasteiger charge is -2.33. The van der Waals surface area contributed by atoms with Gasteiger partial charge in [0, 0.05) is 0 Å². The maximum absolute atomic E-state index is 2.57. The third-order valence-electron chi connectivity index (χ3n) is 13.0. The topological polar surface area (TPSA) is 0 Å². The Morgan fingerprint density at radius 1 is 0.255 bits per heavy atom. The van der Waals surface area contributed by atoms with Crippen LogP contribution in [0.25, 0.3) is 98.0 Å². The highest BCUT2D eigenvalue weighted by Gasteiger charge is 2.54. The summed E-state index contributed by atoms with van der Waals surface area (Å²) in [5.74, 6) is 0. The van der Waals surface area contributed by atoms with Crippen LogP contribution in [0.1, 0.15) is 22.3 Å². The van der Waals surface area contributed by atoms with Crippen molar-refractivity contribution in [3.63, 3.8) is 0 Å². The summed E-state index contributed by atoms with van der Waals surface area (Å²) in [6.07, 6.45) is 0. The Labute approximate surface area is 318 Å². The molecule has 11 aromatic carbocycles. The molecule has 0 heteroatoms. The zero-order valence-electron chi connectivity index (χ0n) is 30.0. The van der Waals surface area contributed by atoms with E-state index in [9.17, 15) is 0 Å². The lowest BCUT2D eigenvalue weighted by molar-refractivity contribution is 0.809. The van der Waals surface area contributed by atoms with E-state index in [1.54, 1.807) is 0 Å². The van der Waals surface area contributed by atoms with Crippen LogP contribution in [0.2, 0.25) is 0 Å². The smallest absolute Gasteiger partial charge is 0.0619 e. The highest BCUT2D eigenvalue weighted by molar-refractivity contribution is 6.26. The third-order valence-corrected chi connectivity index (χ3v) is 13.0. The lowest BCUT2D eigenvalue weighted by atomic mass is 9.68. The molecule has 0 nitrogen and oxygen atoms in total. The average Bonchev–Trinajstić information content (AvgIpc) is 3.73. The van der Waals surface area contributed by atoms with Crippen molar-refractivity contribution in [3.8, 4) is 33.4 Å². The predicted octanol–water partition coefficient (Wildman–Crippen LogP) is 14.6. The molecule has 2 aliphatic carbocycles. The number of benzene rings is 11. The zero-order chi connectivity index (χ0) is 35.8. The first-order chi connectivity index (χ1) is 27.3. The normalized spacial score (nSPS) is 13.6. The molecule has 0 N–H and O–H groups in total. The van der Waals surface area contributed by atoms with Crippen LogP contribution in [-0.4, -0.2) is 0 Å². The number of rotatable bonds is 1. The first-order valence-electron chi connectivity index (χ1n) is 19.4. The maximum Gasteiger partial charge on any atom is 0.0737 e. The van der Waals surface area contributed by atoms with Crippen molar-refractivity contribution in [1.29, 1.82) is 0 Å². The monoisotopic (exact) mass is 692 g/mol. The molecule has 11 aromatic rings. The summed E-state index contributed by atoms with van der Waals surface area (Å²) in [4.78, 5) is 0. The molecule has 0 aliphatic heterocycles. The molecular weight excluding hydrogens is 661 g/mol. The number of fused-ring (bicyclic) bond motifs is 22. The second kappa shape index (κ2) is 10.6. The summed E-state index contributed by atoms with van der Waals surface area (Å²) < 4.78 is 0. The van der Waals surface area contributed by atoms with E-state index in [1.807, 2.05) is 0 Å². The first kappa shape index (κ1) is 29.4. The van der Waals surface area contributed by atoms with Crippen molar-refractivity contribution >= 4 is 64.6 Å². The van der Waals surface area contributed by atoms with E-state index in [-0.39, 0.29) is 0 Å². The summed E-state index contributed by atoms with van der Waals surface area (Å²) in [5, 5.41) is 15.6. The van der Waals surface area contributed by atoms with Gasteiger partial charge in [-0.15, -0.1) is 0 Å². The fourth-order valence-corrected chi connectivity index (χ4v) is 11.0. The van der Waals surface area contributed by atoms with Gasteiger partial charge in [-0.05, 0) is 132 Å². The van der Waals surface area contributed by atoms with Crippen LogP contribution < -0.4 is 0 Å². The Kier molecular flexibility index (Phi) is 5.65. The van der Waals surface area contributed by atoms with Gasteiger partial charge in [0.15, 0.2) is 0 Å². The van der Waals surface area contributed by atoms with Crippen molar-refractivity contribution in [2.45, 2.75) is 5.41 Å². The molecule has 55 heavy (non-hydrogen) atoms. The summed E-state index contributed by atoms with van der Waals surface area (Å²) in [5.41, 5.74) is 13.0. The van der Waals surface area contributed by atoms with E-state index in [0.717, 1.165) is 0 Å². The van der Waals surface area contributed by atoms with Gasteiger partial charge in [0.05, 0.1) is 5.41 Å². The highest BCUT2D eigenvalue weighted by Crippen LogP contribution is 2.67. The molecule has 13 rings (SSSR count). The Morgan fingerprint density at radius 3 is 1.40 bits per heavy atom. The second-order valence-electron chi connectivity index (χ2n) is 15.4. The summed E-state index contributed by atoms with van der Waals surface area (Å²) in [7, 11) is 0. The van der Waals surface area contributed by atoms with E-state index < -0.39 is 5.41 Å². The highest BCUT2D eigenvalue weighted by atomic mass is 14.5. The summed E-state index contributed by atoms with van der Waals surface area (Å²) in [6.45, 7) is 0. The summed E-state index contributed by atoms with van der Waals surface area (Å²) >= 11 is 0. The Balaban J connectivity index is 1.27. The van der Waals surface area contributed by atoms with Crippen molar-refractivity contribution in [2.75, 3.05) is 0 Å². The molecule has 252 valence electrons. The zero-order valence-corrected chi connectivity index (χ0v) is 30.0. The molecule has 2 aliphatic rings. The minimum atomic E-state index is -0.496. The molecule has 0 atom stereocenters. The molecule has 1 spiro atoms. The maximum atomic E-state index is 2.57. The second-order valence-corrected chi connectivity index (χ2v) is 15.4. The van der Waals surface area contributed by atoms with Crippen LogP contribution >= 0.6 is 0 Å². The average molecular weight is 693 g/mol. The fraction of sp³-hybridized carbons (Fsp3) is 0.0182. The Hall–Kier alpha value is -7.02. The van der Waals surface area contributed by atoms with E-state index in [0.29, 0.717) is 0 Å². The molecule has 0 fully saturated rings. The van der Waals surface area contributed by atoms with E-state index in [2.05, 4.69) is 194 Å². The molecule has 0 amide bonds. The minimum absolute atomic E-state index is 0.496. The molecule has 0 saturated heterocycles. The van der Waals surface area contributed by atoms with Gasteiger partial charge in [-0.3, -0.25) is 0 Å². The molecular formula is C55H32. The molecule has 0 aromatic heterocycles. The number of hydrogen-bond acceptors (Lipinski definition) is 0. The van der Waals surface area contributed by atoms with E-state index in [1.165, 1.54) is 120 Å². The van der Waals surface area contributed by atoms with Gasteiger partial charge >= 0.3 is 0 Å². The van der Waals surface area contributed by atoms with Gasteiger partial charge in [-0.1, -0.05) is 182 Å². The minimum Gasteiger partial charge on any atom is -0.0619 e. The molecule has 0 radical (unpaired) electrons. The largest absolute Gasteiger partial charge is 0.0737 e. The van der Waals surface area contributed by atoms with E-state index in [4.69, 9.17) is 0 Å². The molecule has 0 heterocycles. The van der Waals surface area contributed by atoms with Gasteiger partial charge in [-0.2, -0.15) is 0 Å². The van der Waals surface area contributed by atoms with Crippen LogP contribution in [0, 0.1) is 0 Å². The van der Waals surface area contributed by atoms with Crippen LogP contribution in [-0.2, 0) is 5.41 Å². The van der Waals surface area contributed by atoms with Crippen LogP contribution in [0.15, 0.2) is 194 Å². The van der Waals surface area contributed by atoms with Crippen molar-refractivity contribution in [2.24, 2.45) is 0 Å². The quantitative estimate of drug-likeness (QED) is 0.150. The SMILES string of the molecule is c1ccc2c(c1)-c1ccccc1C21c2c(cc(-c3cc4ccc5ccccc5c4c4ccccc34)c3ccccc23)-c2c1c1ccccc1c1ccccc21. The molecule has 0 saturated carbocycles. The summed E-state index contributed by atoms with van der Waals surface area (Å²) in [6, 6.07) is 73.4. The first-order valence-corrected chi connectivity index (χ1v) is 19.4. The lowest BCUT2D eigenvalue weighted by Crippen LogP contribution is -2.26.